The monoisotopic (exact) mass is 222 g/mol. The van der Waals surface area contributed by atoms with Crippen LogP contribution in [0.2, 0.25) is 0 Å². The van der Waals surface area contributed by atoms with Crippen LogP contribution in [0.1, 0.15) is 51.7 Å². The van der Waals surface area contributed by atoms with E-state index in [1.807, 2.05) is 26.8 Å². The van der Waals surface area contributed by atoms with Crippen LogP contribution >= 0.6 is 0 Å². The SMILES string of the molecule is CCCCc1cc(O)c(O)c(C(C)(C)C)c1. The first-order valence-electron chi connectivity index (χ1n) is 5.91. The van der Waals surface area contributed by atoms with Gasteiger partial charge in [0.05, 0.1) is 0 Å². The van der Waals surface area contributed by atoms with E-state index in [1.54, 1.807) is 6.07 Å². The lowest BCUT2D eigenvalue weighted by atomic mass is 9.84. The molecule has 90 valence electrons. The van der Waals surface area contributed by atoms with Gasteiger partial charge in [-0.1, -0.05) is 40.2 Å². The fraction of sp³-hybridized carbons (Fsp3) is 0.571. The fourth-order valence-electron chi connectivity index (χ4n) is 1.77. The van der Waals surface area contributed by atoms with Gasteiger partial charge in [0.2, 0.25) is 0 Å². The zero-order chi connectivity index (χ0) is 12.3. The van der Waals surface area contributed by atoms with Gasteiger partial charge in [-0.25, -0.2) is 0 Å². The fourth-order valence-corrected chi connectivity index (χ4v) is 1.77. The lowest BCUT2D eigenvalue weighted by molar-refractivity contribution is 0.388. The normalized spacial score (nSPS) is 11.8. The highest BCUT2D eigenvalue weighted by Crippen LogP contribution is 2.38. The number of phenolic OH excluding ortho intramolecular Hbond substituents is 2. The smallest absolute Gasteiger partial charge is 0.161 e. The second kappa shape index (κ2) is 4.77. The largest absolute Gasteiger partial charge is 0.504 e. The number of aromatic hydroxyl groups is 2. The molecule has 2 N–H and O–H groups in total. The molecule has 0 fully saturated rings. The van der Waals surface area contributed by atoms with Crippen LogP contribution in [0, 0.1) is 0 Å². The van der Waals surface area contributed by atoms with E-state index in [2.05, 4.69) is 6.92 Å². The molecule has 0 aliphatic carbocycles. The van der Waals surface area contributed by atoms with Crippen molar-refractivity contribution in [3.05, 3.63) is 23.3 Å². The van der Waals surface area contributed by atoms with Crippen LogP contribution in [0.4, 0.5) is 0 Å². The molecule has 0 atom stereocenters. The first kappa shape index (κ1) is 12.9. The van der Waals surface area contributed by atoms with Crippen LogP contribution in [-0.2, 0) is 11.8 Å². The zero-order valence-corrected chi connectivity index (χ0v) is 10.7. The molecule has 0 radical (unpaired) electrons. The highest BCUT2D eigenvalue weighted by atomic mass is 16.3. The quantitative estimate of drug-likeness (QED) is 0.765. The molecule has 2 nitrogen and oxygen atoms in total. The molecule has 2 heteroatoms. The van der Waals surface area contributed by atoms with Gasteiger partial charge in [-0.15, -0.1) is 0 Å². The molecule has 0 aromatic heterocycles. The first-order chi connectivity index (χ1) is 7.36. The van der Waals surface area contributed by atoms with Crippen molar-refractivity contribution < 1.29 is 10.2 Å². The van der Waals surface area contributed by atoms with Crippen LogP contribution in [0.5, 0.6) is 11.5 Å². The van der Waals surface area contributed by atoms with Crippen LogP contribution in [0.25, 0.3) is 0 Å². The number of benzene rings is 1. The minimum Gasteiger partial charge on any atom is -0.504 e. The number of aryl methyl sites for hydroxylation is 1. The molecule has 16 heavy (non-hydrogen) atoms. The maximum absolute atomic E-state index is 9.83. The van der Waals surface area contributed by atoms with Crippen molar-refractivity contribution in [3.63, 3.8) is 0 Å². The van der Waals surface area contributed by atoms with Gasteiger partial charge in [0.1, 0.15) is 0 Å². The lowest BCUT2D eigenvalue weighted by Gasteiger charge is -2.22. The Hall–Kier alpha value is -1.18. The van der Waals surface area contributed by atoms with Crippen LogP contribution in [0.3, 0.4) is 0 Å². The van der Waals surface area contributed by atoms with E-state index in [0.717, 1.165) is 30.4 Å². The molecule has 0 aliphatic rings. The van der Waals surface area contributed by atoms with E-state index >= 15 is 0 Å². The predicted octanol–water partition coefficient (Wildman–Crippen LogP) is 3.74. The molecule has 1 aromatic rings. The van der Waals surface area contributed by atoms with Gasteiger partial charge >= 0.3 is 0 Å². The molecule has 0 heterocycles. The summed E-state index contributed by atoms with van der Waals surface area (Å²) in [4.78, 5) is 0. The van der Waals surface area contributed by atoms with Crippen molar-refractivity contribution in [2.24, 2.45) is 0 Å². The maximum Gasteiger partial charge on any atom is 0.161 e. The van der Waals surface area contributed by atoms with E-state index in [-0.39, 0.29) is 16.9 Å². The minimum absolute atomic E-state index is 0.00136. The number of rotatable bonds is 3. The van der Waals surface area contributed by atoms with Gasteiger partial charge in [0.15, 0.2) is 11.5 Å². The second-order valence-electron chi connectivity index (χ2n) is 5.36. The Morgan fingerprint density at radius 1 is 1.12 bits per heavy atom. The number of hydrogen-bond donors (Lipinski definition) is 2. The summed E-state index contributed by atoms with van der Waals surface area (Å²) in [6.07, 6.45) is 3.19. The van der Waals surface area contributed by atoms with E-state index in [4.69, 9.17) is 0 Å². The van der Waals surface area contributed by atoms with Crippen molar-refractivity contribution in [1.29, 1.82) is 0 Å². The van der Waals surface area contributed by atoms with Crippen molar-refractivity contribution in [2.75, 3.05) is 0 Å². The molecule has 1 rings (SSSR count). The average Bonchev–Trinajstić information content (AvgIpc) is 2.17. The second-order valence-corrected chi connectivity index (χ2v) is 5.36. The Morgan fingerprint density at radius 3 is 2.25 bits per heavy atom. The molecule has 0 spiro atoms. The maximum atomic E-state index is 9.83. The third-order valence-electron chi connectivity index (χ3n) is 2.78. The van der Waals surface area contributed by atoms with E-state index in [0.29, 0.717) is 0 Å². The minimum atomic E-state index is -0.149. The standard InChI is InChI=1S/C14H22O2/c1-5-6-7-10-8-11(14(2,3)4)13(16)12(15)9-10/h8-9,15-16H,5-7H2,1-4H3. The van der Waals surface area contributed by atoms with Gasteiger partial charge < -0.3 is 10.2 Å². The Balaban J connectivity index is 3.12. The Kier molecular flexibility index (Phi) is 3.84. The summed E-state index contributed by atoms with van der Waals surface area (Å²) < 4.78 is 0. The van der Waals surface area contributed by atoms with Gasteiger partial charge in [0.25, 0.3) is 0 Å². The average molecular weight is 222 g/mol. The highest BCUT2D eigenvalue weighted by Gasteiger charge is 2.21. The summed E-state index contributed by atoms with van der Waals surface area (Å²) in [7, 11) is 0. The van der Waals surface area contributed by atoms with Crippen molar-refractivity contribution in [1.82, 2.24) is 0 Å². The first-order valence-corrected chi connectivity index (χ1v) is 5.91. The third kappa shape index (κ3) is 2.91. The van der Waals surface area contributed by atoms with Crippen molar-refractivity contribution >= 4 is 0 Å². The lowest BCUT2D eigenvalue weighted by Crippen LogP contribution is -2.12. The number of phenols is 2. The molecular formula is C14H22O2. The predicted molar refractivity (Wildman–Crippen MR) is 67.1 cm³/mol. The topological polar surface area (TPSA) is 40.5 Å². The Bertz CT molecular complexity index is 362. The van der Waals surface area contributed by atoms with E-state index in [9.17, 15) is 10.2 Å². The molecule has 0 unspecified atom stereocenters. The Labute approximate surface area is 97.9 Å². The van der Waals surface area contributed by atoms with Crippen LogP contribution in [0.15, 0.2) is 12.1 Å². The van der Waals surface area contributed by atoms with Gasteiger partial charge in [0, 0.05) is 5.56 Å². The number of unbranched alkanes of at least 4 members (excludes halogenated alkanes) is 1. The summed E-state index contributed by atoms with van der Waals surface area (Å²) >= 11 is 0. The zero-order valence-electron chi connectivity index (χ0n) is 10.7. The van der Waals surface area contributed by atoms with Crippen LogP contribution < -0.4 is 0 Å². The summed E-state index contributed by atoms with van der Waals surface area (Å²) in [5, 5.41) is 19.5. The summed E-state index contributed by atoms with van der Waals surface area (Å²) in [6.45, 7) is 8.24. The van der Waals surface area contributed by atoms with Gasteiger partial charge in [-0.2, -0.15) is 0 Å². The van der Waals surface area contributed by atoms with Gasteiger partial charge in [-0.3, -0.25) is 0 Å². The van der Waals surface area contributed by atoms with E-state index in [1.165, 1.54) is 0 Å². The Morgan fingerprint density at radius 2 is 1.75 bits per heavy atom. The molecule has 0 bridgehead atoms. The molecule has 1 aromatic carbocycles. The van der Waals surface area contributed by atoms with Crippen molar-refractivity contribution in [2.45, 2.75) is 52.4 Å². The van der Waals surface area contributed by atoms with E-state index < -0.39 is 0 Å². The van der Waals surface area contributed by atoms with Crippen LogP contribution in [-0.4, -0.2) is 10.2 Å². The highest BCUT2D eigenvalue weighted by molar-refractivity contribution is 5.50. The van der Waals surface area contributed by atoms with Crippen molar-refractivity contribution in [3.8, 4) is 11.5 Å². The molecule has 0 saturated carbocycles. The molecule has 0 amide bonds. The summed E-state index contributed by atoms with van der Waals surface area (Å²) in [5.41, 5.74) is 1.77. The molecule has 0 aliphatic heterocycles. The third-order valence-corrected chi connectivity index (χ3v) is 2.78. The number of hydrogen-bond acceptors (Lipinski definition) is 2. The molecular weight excluding hydrogens is 200 g/mol. The summed E-state index contributed by atoms with van der Waals surface area (Å²) in [5.74, 6) is 0.0197. The van der Waals surface area contributed by atoms with Gasteiger partial charge in [-0.05, 0) is 29.9 Å². The summed E-state index contributed by atoms with van der Waals surface area (Å²) in [6, 6.07) is 3.67. The molecule has 0 saturated heterocycles.